The SMILES string of the molecule is C[C@@H](CNC(=O)CC12CC3CC(CC(C3)C1)C2)n1cncn1. The van der Waals surface area contributed by atoms with Gasteiger partial charge in [0, 0.05) is 13.0 Å². The molecule has 5 rings (SSSR count). The molecule has 5 nitrogen and oxygen atoms in total. The molecule has 4 aliphatic carbocycles. The smallest absolute Gasteiger partial charge is 0.220 e. The highest BCUT2D eigenvalue weighted by molar-refractivity contribution is 5.76. The van der Waals surface area contributed by atoms with Crippen molar-refractivity contribution in [3.05, 3.63) is 12.7 Å². The minimum absolute atomic E-state index is 0.155. The third kappa shape index (κ3) is 2.66. The third-order valence-corrected chi connectivity index (χ3v) is 6.18. The Bertz CT molecular complexity index is 504. The number of rotatable bonds is 5. The molecule has 5 heteroatoms. The fourth-order valence-corrected chi connectivity index (χ4v) is 5.71. The molecule has 1 aromatic rings. The minimum Gasteiger partial charge on any atom is -0.354 e. The predicted molar refractivity (Wildman–Crippen MR) is 83.0 cm³/mol. The molecule has 0 aliphatic heterocycles. The van der Waals surface area contributed by atoms with Crippen LogP contribution in [0.1, 0.15) is 57.9 Å². The van der Waals surface area contributed by atoms with Crippen molar-refractivity contribution < 1.29 is 4.79 Å². The van der Waals surface area contributed by atoms with E-state index in [0.29, 0.717) is 12.0 Å². The van der Waals surface area contributed by atoms with E-state index in [0.717, 1.165) is 24.2 Å². The molecular weight excluding hydrogens is 276 g/mol. The Balaban J connectivity index is 1.32. The molecule has 4 fully saturated rings. The second kappa shape index (κ2) is 5.36. The molecule has 0 saturated heterocycles. The standard InChI is InChI=1S/C17H26N4O/c1-12(21-11-18-10-20-21)9-19-16(22)8-17-5-13-2-14(6-17)4-15(3-13)7-17/h10-15H,2-9H2,1H3,(H,19,22)/t12-,13?,14?,15?,17?/m0/s1. The van der Waals surface area contributed by atoms with Crippen LogP contribution in [0, 0.1) is 23.2 Å². The third-order valence-electron chi connectivity index (χ3n) is 6.18. The molecule has 4 bridgehead atoms. The Morgan fingerprint density at radius 3 is 2.45 bits per heavy atom. The van der Waals surface area contributed by atoms with Crippen molar-refractivity contribution in [3.63, 3.8) is 0 Å². The van der Waals surface area contributed by atoms with Crippen molar-refractivity contribution >= 4 is 5.91 Å². The van der Waals surface area contributed by atoms with Crippen LogP contribution < -0.4 is 5.32 Å². The van der Waals surface area contributed by atoms with Crippen molar-refractivity contribution in [2.24, 2.45) is 23.2 Å². The summed E-state index contributed by atoms with van der Waals surface area (Å²) in [6, 6.07) is 0.155. The number of carbonyl (C=O) groups is 1. The average molecular weight is 302 g/mol. The average Bonchev–Trinajstić information content (AvgIpc) is 2.97. The first-order valence-electron chi connectivity index (χ1n) is 8.73. The maximum Gasteiger partial charge on any atom is 0.220 e. The van der Waals surface area contributed by atoms with Crippen molar-refractivity contribution in [1.29, 1.82) is 0 Å². The Labute approximate surface area is 131 Å². The zero-order valence-corrected chi connectivity index (χ0v) is 13.4. The summed E-state index contributed by atoms with van der Waals surface area (Å²) >= 11 is 0. The molecule has 4 aliphatic rings. The number of nitrogens with zero attached hydrogens (tertiary/aromatic N) is 3. The van der Waals surface area contributed by atoms with Crippen LogP contribution in [0.15, 0.2) is 12.7 Å². The molecule has 0 spiro atoms. The second-order valence-electron chi connectivity index (χ2n) is 8.12. The van der Waals surface area contributed by atoms with Gasteiger partial charge in [0.15, 0.2) is 0 Å². The first kappa shape index (κ1) is 14.2. The first-order chi connectivity index (χ1) is 10.6. The van der Waals surface area contributed by atoms with Crippen LogP contribution in [-0.4, -0.2) is 27.2 Å². The van der Waals surface area contributed by atoms with E-state index in [1.165, 1.54) is 44.9 Å². The predicted octanol–water partition coefficient (Wildman–Crippen LogP) is 2.56. The van der Waals surface area contributed by atoms with Crippen molar-refractivity contribution in [1.82, 2.24) is 20.1 Å². The molecule has 22 heavy (non-hydrogen) atoms. The first-order valence-corrected chi connectivity index (χ1v) is 8.73. The van der Waals surface area contributed by atoms with Crippen LogP contribution in [0.4, 0.5) is 0 Å². The molecule has 0 aromatic carbocycles. The molecule has 120 valence electrons. The van der Waals surface area contributed by atoms with Gasteiger partial charge < -0.3 is 5.32 Å². The Morgan fingerprint density at radius 1 is 1.27 bits per heavy atom. The van der Waals surface area contributed by atoms with Gasteiger partial charge in [0.05, 0.1) is 6.04 Å². The van der Waals surface area contributed by atoms with Crippen LogP contribution in [-0.2, 0) is 4.79 Å². The van der Waals surface area contributed by atoms with E-state index in [4.69, 9.17) is 0 Å². The van der Waals surface area contributed by atoms with Gasteiger partial charge in [-0.1, -0.05) is 0 Å². The van der Waals surface area contributed by atoms with E-state index >= 15 is 0 Å². The molecule has 1 amide bonds. The van der Waals surface area contributed by atoms with Crippen molar-refractivity contribution in [2.75, 3.05) is 6.54 Å². The summed E-state index contributed by atoms with van der Waals surface area (Å²) in [5, 5.41) is 7.25. The lowest BCUT2D eigenvalue weighted by Crippen LogP contribution is -2.48. The second-order valence-corrected chi connectivity index (χ2v) is 8.12. The van der Waals surface area contributed by atoms with Gasteiger partial charge in [-0.2, -0.15) is 5.10 Å². The maximum atomic E-state index is 12.4. The van der Waals surface area contributed by atoms with Gasteiger partial charge in [-0.15, -0.1) is 0 Å². The summed E-state index contributed by atoms with van der Waals surface area (Å²) in [6.45, 7) is 2.69. The number of nitrogens with one attached hydrogen (secondary N) is 1. The van der Waals surface area contributed by atoms with E-state index in [1.54, 1.807) is 11.0 Å². The molecule has 1 N–H and O–H groups in total. The summed E-state index contributed by atoms with van der Waals surface area (Å²) < 4.78 is 1.80. The van der Waals surface area contributed by atoms with Crippen LogP contribution in [0.5, 0.6) is 0 Å². The van der Waals surface area contributed by atoms with E-state index < -0.39 is 0 Å². The topological polar surface area (TPSA) is 59.8 Å². The molecule has 1 aromatic heterocycles. The van der Waals surface area contributed by atoms with Crippen molar-refractivity contribution in [3.8, 4) is 0 Å². The Kier molecular flexibility index (Phi) is 3.46. The molecule has 4 saturated carbocycles. The maximum absolute atomic E-state index is 12.4. The van der Waals surface area contributed by atoms with Gasteiger partial charge in [0.1, 0.15) is 12.7 Å². The van der Waals surface area contributed by atoms with E-state index in [-0.39, 0.29) is 11.9 Å². The molecule has 0 unspecified atom stereocenters. The Morgan fingerprint density at radius 2 is 1.91 bits per heavy atom. The summed E-state index contributed by atoms with van der Waals surface area (Å²) in [5.41, 5.74) is 0.329. The minimum atomic E-state index is 0.155. The monoisotopic (exact) mass is 302 g/mol. The summed E-state index contributed by atoms with van der Waals surface area (Å²) in [7, 11) is 0. The molecule has 1 atom stereocenters. The Hall–Kier alpha value is -1.39. The van der Waals surface area contributed by atoms with Crippen LogP contribution in [0.2, 0.25) is 0 Å². The summed E-state index contributed by atoms with van der Waals surface area (Å²) in [6.07, 6.45) is 12.2. The van der Waals surface area contributed by atoms with E-state index in [1.807, 2.05) is 0 Å². The number of carbonyl (C=O) groups excluding carboxylic acids is 1. The van der Waals surface area contributed by atoms with Gasteiger partial charge in [0.25, 0.3) is 0 Å². The number of aromatic nitrogens is 3. The van der Waals surface area contributed by atoms with Gasteiger partial charge >= 0.3 is 0 Å². The lowest BCUT2D eigenvalue weighted by Gasteiger charge is -2.56. The zero-order valence-electron chi connectivity index (χ0n) is 13.4. The number of amides is 1. The molecule has 1 heterocycles. The van der Waals surface area contributed by atoms with Crippen LogP contribution in [0.3, 0.4) is 0 Å². The van der Waals surface area contributed by atoms with E-state index in [2.05, 4.69) is 22.3 Å². The van der Waals surface area contributed by atoms with Crippen molar-refractivity contribution in [2.45, 2.75) is 57.9 Å². The number of hydrogen-bond donors (Lipinski definition) is 1. The van der Waals surface area contributed by atoms with Gasteiger partial charge in [0.2, 0.25) is 5.91 Å². The lowest BCUT2D eigenvalue weighted by atomic mass is 9.49. The fourth-order valence-electron chi connectivity index (χ4n) is 5.71. The highest BCUT2D eigenvalue weighted by Gasteiger charge is 2.51. The highest BCUT2D eigenvalue weighted by Crippen LogP contribution is 2.61. The largest absolute Gasteiger partial charge is 0.354 e. The zero-order chi connectivity index (χ0) is 15.2. The normalized spacial score (nSPS) is 37.2. The fraction of sp³-hybridized carbons (Fsp3) is 0.824. The van der Waals surface area contributed by atoms with Gasteiger partial charge in [-0.3, -0.25) is 4.79 Å². The summed E-state index contributed by atoms with van der Waals surface area (Å²) in [4.78, 5) is 16.4. The van der Waals surface area contributed by atoms with Gasteiger partial charge in [-0.05, 0) is 68.6 Å². The van der Waals surface area contributed by atoms with E-state index in [9.17, 15) is 4.79 Å². The van der Waals surface area contributed by atoms with Gasteiger partial charge in [-0.25, -0.2) is 9.67 Å². The number of hydrogen-bond acceptors (Lipinski definition) is 3. The quantitative estimate of drug-likeness (QED) is 0.909. The molecule has 0 radical (unpaired) electrons. The lowest BCUT2D eigenvalue weighted by molar-refractivity contribution is -0.129. The highest BCUT2D eigenvalue weighted by atomic mass is 16.1. The summed E-state index contributed by atoms with van der Waals surface area (Å²) in [5.74, 6) is 2.96. The molecular formula is C17H26N4O. The van der Waals surface area contributed by atoms with Crippen LogP contribution >= 0.6 is 0 Å². The van der Waals surface area contributed by atoms with Crippen LogP contribution in [0.25, 0.3) is 0 Å².